The molecule has 0 aromatic heterocycles. The highest BCUT2D eigenvalue weighted by Gasteiger charge is 2.80. The molecule has 1 spiro atoms. The Hall–Kier alpha value is -1.32. The molecule has 7 aliphatic rings. The first-order valence-electron chi connectivity index (χ1n) is 11.2. The molecule has 6 fully saturated rings. The summed E-state index contributed by atoms with van der Waals surface area (Å²) in [5.74, 6) is 6.27. The molecule has 1 aliphatic heterocycles. The van der Waals surface area contributed by atoms with Crippen molar-refractivity contribution >= 4 is 11.7 Å². The van der Waals surface area contributed by atoms with Crippen LogP contribution in [0.25, 0.3) is 0 Å². The molecule has 0 bridgehead atoms. The highest BCUT2D eigenvalue weighted by atomic mass is 16.6. The smallest absolute Gasteiger partial charge is 0.306 e. The van der Waals surface area contributed by atoms with Gasteiger partial charge in [-0.15, -0.1) is 0 Å². The molecule has 1 saturated heterocycles. The number of hydrogen-bond donors (Lipinski definition) is 1. The van der Waals surface area contributed by atoms with E-state index in [2.05, 4.69) is 18.2 Å². The Labute approximate surface area is 160 Å². The van der Waals surface area contributed by atoms with Gasteiger partial charge in [0, 0.05) is 17.8 Å². The van der Waals surface area contributed by atoms with Crippen molar-refractivity contribution in [2.75, 3.05) is 0 Å². The summed E-state index contributed by atoms with van der Waals surface area (Å²) < 4.78 is 6.21. The largest absolute Gasteiger partial charge is 0.458 e. The first kappa shape index (κ1) is 15.6. The van der Waals surface area contributed by atoms with E-state index >= 15 is 0 Å². The third-order valence-electron chi connectivity index (χ3n) is 10.4. The Bertz CT molecular complexity index is 816. The lowest BCUT2D eigenvalue weighted by Gasteiger charge is -2.57. The van der Waals surface area contributed by atoms with E-state index in [1.54, 1.807) is 5.57 Å². The second-order valence-corrected chi connectivity index (χ2v) is 11.0. The molecule has 7 unspecified atom stereocenters. The lowest BCUT2D eigenvalue weighted by molar-refractivity contribution is -0.174. The van der Waals surface area contributed by atoms with Crippen LogP contribution in [0.5, 0.6) is 0 Å². The summed E-state index contributed by atoms with van der Waals surface area (Å²) in [6.07, 6.45) is 11.2. The van der Waals surface area contributed by atoms with Crippen molar-refractivity contribution in [2.45, 2.75) is 63.9 Å². The molecule has 0 amide bonds. The van der Waals surface area contributed by atoms with Gasteiger partial charge in [0.1, 0.15) is 5.60 Å². The summed E-state index contributed by atoms with van der Waals surface area (Å²) in [5.41, 5.74) is 2.62. The van der Waals surface area contributed by atoms with E-state index in [1.807, 2.05) is 0 Å². The second-order valence-electron chi connectivity index (χ2n) is 11.0. The third-order valence-corrected chi connectivity index (χ3v) is 10.4. The van der Waals surface area contributed by atoms with E-state index in [-0.39, 0.29) is 17.0 Å². The molecule has 6 aliphatic carbocycles. The third kappa shape index (κ3) is 1.65. The van der Waals surface area contributed by atoms with Crippen LogP contribution in [-0.4, -0.2) is 22.5 Å². The van der Waals surface area contributed by atoms with Crippen LogP contribution in [0.3, 0.4) is 0 Å². The van der Waals surface area contributed by atoms with E-state index in [4.69, 9.17) is 4.74 Å². The number of fused-ring (bicyclic) bond motifs is 12. The van der Waals surface area contributed by atoms with Crippen molar-refractivity contribution in [3.05, 3.63) is 11.6 Å². The average Bonchev–Trinajstić information content (AvgIpc) is 3.58. The fourth-order valence-electron chi connectivity index (χ4n) is 9.44. The van der Waals surface area contributed by atoms with E-state index in [0.29, 0.717) is 18.3 Å². The molecule has 1 N–H and O–H groups in total. The molecule has 7 rings (SSSR count). The summed E-state index contributed by atoms with van der Waals surface area (Å²) in [5, 5.41) is 12.8. The minimum atomic E-state index is -0.117. The van der Waals surface area contributed by atoms with Crippen molar-refractivity contribution in [1.82, 2.24) is 0 Å². The van der Waals surface area contributed by atoms with Crippen molar-refractivity contribution < 1.29 is 14.7 Å². The van der Waals surface area contributed by atoms with Gasteiger partial charge in [-0.05, 0) is 92.4 Å². The normalized spacial score (nSPS) is 60.7. The van der Waals surface area contributed by atoms with E-state index in [1.165, 1.54) is 32.1 Å². The number of nitrogens with zero attached hydrogens (tertiary/aromatic N) is 1. The first-order chi connectivity index (χ1) is 13.1. The minimum Gasteiger partial charge on any atom is -0.458 e. The number of esters is 1. The number of allylic oxidation sites excluding steroid dienone is 2. The monoisotopic (exact) mass is 367 g/mol. The maximum absolute atomic E-state index is 12.1. The van der Waals surface area contributed by atoms with Gasteiger partial charge in [-0.1, -0.05) is 17.7 Å². The van der Waals surface area contributed by atoms with Gasteiger partial charge in [-0.3, -0.25) is 4.79 Å². The molecule has 4 heteroatoms. The Morgan fingerprint density at radius 3 is 2.78 bits per heavy atom. The maximum Gasteiger partial charge on any atom is 0.306 e. The van der Waals surface area contributed by atoms with Gasteiger partial charge in [0.2, 0.25) is 0 Å². The highest BCUT2D eigenvalue weighted by Crippen LogP contribution is 2.81. The predicted octanol–water partition coefficient (Wildman–Crippen LogP) is 4.18. The van der Waals surface area contributed by atoms with Gasteiger partial charge in [-0.2, -0.15) is 0 Å². The zero-order valence-electron chi connectivity index (χ0n) is 16.1. The summed E-state index contributed by atoms with van der Waals surface area (Å²) >= 11 is 0. The van der Waals surface area contributed by atoms with Crippen molar-refractivity contribution in [1.29, 1.82) is 0 Å². The molecular weight excluding hydrogens is 338 g/mol. The van der Waals surface area contributed by atoms with Gasteiger partial charge < -0.3 is 9.94 Å². The average molecular weight is 367 g/mol. The number of carbonyl (C=O) groups excluding carboxylic acids is 1. The molecule has 5 saturated carbocycles. The Morgan fingerprint density at radius 1 is 1.11 bits per heavy atom. The zero-order valence-corrected chi connectivity index (χ0v) is 16.1. The number of carbonyl (C=O) groups is 1. The molecule has 4 nitrogen and oxygen atoms in total. The molecule has 0 radical (unpaired) electrons. The number of oxime groups is 1. The lowest BCUT2D eigenvalue weighted by Crippen LogP contribution is -2.55. The highest BCUT2D eigenvalue weighted by molar-refractivity contribution is 5.96. The van der Waals surface area contributed by atoms with Gasteiger partial charge >= 0.3 is 5.97 Å². The Morgan fingerprint density at radius 2 is 2.00 bits per heavy atom. The van der Waals surface area contributed by atoms with Crippen LogP contribution in [0.15, 0.2) is 16.8 Å². The van der Waals surface area contributed by atoms with Crippen LogP contribution >= 0.6 is 0 Å². The van der Waals surface area contributed by atoms with E-state index in [0.717, 1.165) is 54.1 Å². The minimum absolute atomic E-state index is 0.0610. The fourth-order valence-corrected chi connectivity index (χ4v) is 9.44. The van der Waals surface area contributed by atoms with Gasteiger partial charge in [0.05, 0.1) is 5.71 Å². The molecule has 1 heterocycles. The van der Waals surface area contributed by atoms with Crippen molar-refractivity contribution in [3.8, 4) is 0 Å². The fraction of sp³-hybridized carbons (Fsp3) is 0.826. The molecule has 0 aromatic carbocycles. The summed E-state index contributed by atoms with van der Waals surface area (Å²) in [7, 11) is 0. The molecular formula is C23H29NO3. The standard InChI is InChI=1S/C23H29NO3/c1-22-6-4-13-12-3-2-11(24-26)8-14(12)15-9-16(15)20(13)21(22)17-10-18(17)23(22)7-5-19(25)27-23/h8,12-13,15-18,20-21,26H,2-7,9-10H2,1H3/b24-11+/t12-,13?,15?,16?,17?,18?,20?,21?,22+,23+/m1/s1. The van der Waals surface area contributed by atoms with Crippen LogP contribution in [-0.2, 0) is 9.53 Å². The predicted molar refractivity (Wildman–Crippen MR) is 99.1 cm³/mol. The topological polar surface area (TPSA) is 58.9 Å². The Balaban J connectivity index is 1.29. The quantitative estimate of drug-likeness (QED) is 0.397. The number of rotatable bonds is 0. The summed E-state index contributed by atoms with van der Waals surface area (Å²) in [6, 6.07) is 0. The van der Waals surface area contributed by atoms with Crippen LogP contribution in [0.1, 0.15) is 58.3 Å². The first-order valence-corrected chi connectivity index (χ1v) is 11.2. The second kappa shape index (κ2) is 4.63. The van der Waals surface area contributed by atoms with Crippen LogP contribution in [0.4, 0.5) is 0 Å². The van der Waals surface area contributed by atoms with E-state index in [9.17, 15) is 10.0 Å². The van der Waals surface area contributed by atoms with Crippen molar-refractivity contribution in [2.24, 2.45) is 57.9 Å². The van der Waals surface area contributed by atoms with Crippen LogP contribution in [0.2, 0.25) is 0 Å². The van der Waals surface area contributed by atoms with Gasteiger partial charge in [0.15, 0.2) is 0 Å². The van der Waals surface area contributed by atoms with Gasteiger partial charge in [-0.25, -0.2) is 0 Å². The van der Waals surface area contributed by atoms with E-state index < -0.39 is 0 Å². The summed E-state index contributed by atoms with van der Waals surface area (Å²) in [6.45, 7) is 2.50. The molecule has 10 atom stereocenters. The number of hydrogen-bond acceptors (Lipinski definition) is 4. The number of ether oxygens (including phenoxy) is 1. The summed E-state index contributed by atoms with van der Waals surface area (Å²) in [4.78, 5) is 12.1. The Kier molecular flexibility index (Phi) is 2.67. The van der Waals surface area contributed by atoms with Gasteiger partial charge in [0.25, 0.3) is 0 Å². The zero-order chi connectivity index (χ0) is 18.1. The molecule has 0 aromatic rings. The SMILES string of the molecule is C[C@]12CCC3C(C4CC4C4=C/C(=N/O)CC[C@@H]43)C1C1CC1[C@@]21CCC(=O)O1. The van der Waals surface area contributed by atoms with Crippen molar-refractivity contribution in [3.63, 3.8) is 0 Å². The lowest BCUT2D eigenvalue weighted by atomic mass is 9.49. The molecule has 27 heavy (non-hydrogen) atoms. The van der Waals surface area contributed by atoms with Crippen LogP contribution < -0.4 is 0 Å². The van der Waals surface area contributed by atoms with Crippen LogP contribution in [0, 0.1) is 52.8 Å². The molecule has 144 valence electrons. The maximum atomic E-state index is 12.1.